The van der Waals surface area contributed by atoms with E-state index in [2.05, 4.69) is 0 Å². The number of rotatable bonds is 4. The van der Waals surface area contributed by atoms with Crippen molar-refractivity contribution in [3.63, 3.8) is 0 Å². The smallest absolute Gasteiger partial charge is 0.335 e. The van der Waals surface area contributed by atoms with Gasteiger partial charge in [-0.3, -0.25) is 14.4 Å². The molecule has 4 rings (SSSR count). The second kappa shape index (κ2) is 7.37. The molecular weight excluding hydrogens is 380 g/mol. The molecule has 5 nitrogen and oxygen atoms in total. The molecule has 0 saturated carbocycles. The van der Waals surface area contributed by atoms with Gasteiger partial charge in [0, 0.05) is 22.3 Å². The van der Waals surface area contributed by atoms with Crippen LogP contribution < -0.4 is 0 Å². The van der Waals surface area contributed by atoms with E-state index >= 15 is 0 Å². The summed E-state index contributed by atoms with van der Waals surface area (Å²) in [6, 6.07) is 19.5. The maximum atomic E-state index is 13.0. The second-order valence-electron chi connectivity index (χ2n) is 6.99. The molecule has 146 valence electrons. The number of fused-ring (bicyclic) bond motifs is 1. The Balaban J connectivity index is 1.66. The summed E-state index contributed by atoms with van der Waals surface area (Å²) in [5.74, 6) is -2.25. The number of aromatic carboxylic acids is 1. The molecule has 0 aliphatic heterocycles. The van der Waals surface area contributed by atoms with E-state index in [1.807, 2.05) is 0 Å². The first-order chi connectivity index (χ1) is 14.4. The molecule has 0 amide bonds. The first-order valence-electron chi connectivity index (χ1n) is 9.26. The summed E-state index contributed by atoms with van der Waals surface area (Å²) >= 11 is 0. The lowest BCUT2D eigenvalue weighted by Gasteiger charge is -2.18. The van der Waals surface area contributed by atoms with Crippen molar-refractivity contribution in [1.29, 1.82) is 0 Å². The number of carbonyl (C=O) groups excluding carboxylic acids is 3. The van der Waals surface area contributed by atoms with Gasteiger partial charge in [-0.1, -0.05) is 60.7 Å². The topological polar surface area (TPSA) is 88.5 Å². The highest BCUT2D eigenvalue weighted by molar-refractivity contribution is 6.39. The fourth-order valence-electron chi connectivity index (χ4n) is 3.54. The predicted octanol–water partition coefficient (Wildman–Crippen LogP) is 4.63. The van der Waals surface area contributed by atoms with Crippen LogP contribution in [0.25, 0.3) is 11.1 Å². The molecule has 30 heavy (non-hydrogen) atoms. The van der Waals surface area contributed by atoms with E-state index in [0.29, 0.717) is 11.1 Å². The normalized spacial score (nSPS) is 13.2. The van der Waals surface area contributed by atoms with Crippen molar-refractivity contribution in [3.8, 4) is 11.1 Å². The number of hydrogen-bond donors (Lipinski definition) is 1. The summed E-state index contributed by atoms with van der Waals surface area (Å²) in [4.78, 5) is 49.5. The molecule has 1 aliphatic rings. The Morgan fingerprint density at radius 2 is 1.13 bits per heavy atom. The fraction of sp³-hybridized carbons (Fsp3) is 0.0400. The highest BCUT2D eigenvalue weighted by Crippen LogP contribution is 2.29. The molecule has 0 heterocycles. The minimum atomic E-state index is -1.00. The molecule has 0 radical (unpaired) electrons. The zero-order valence-electron chi connectivity index (χ0n) is 16.0. The summed E-state index contributed by atoms with van der Waals surface area (Å²) < 4.78 is 0. The summed E-state index contributed by atoms with van der Waals surface area (Å²) in [5.41, 5.74) is 2.69. The molecule has 1 N–H and O–H groups in total. The number of carboxylic acid groups (broad SMARTS) is 1. The fourth-order valence-corrected chi connectivity index (χ4v) is 3.54. The van der Waals surface area contributed by atoms with E-state index < -0.39 is 17.5 Å². The third kappa shape index (κ3) is 3.16. The van der Waals surface area contributed by atoms with Crippen molar-refractivity contribution in [2.24, 2.45) is 0 Å². The minimum Gasteiger partial charge on any atom is -0.478 e. The number of hydrogen-bond acceptors (Lipinski definition) is 4. The SMILES string of the molecule is CC1=C(C(=O)c2ccc(-c3ccc(C(=O)O)cc3)cc2)C(=O)c2ccccc2C1=O. The average molecular weight is 396 g/mol. The molecule has 5 heteroatoms. The lowest BCUT2D eigenvalue weighted by Crippen LogP contribution is -2.25. The number of benzene rings is 3. The van der Waals surface area contributed by atoms with Crippen molar-refractivity contribution in [3.05, 3.63) is 106 Å². The third-order valence-electron chi connectivity index (χ3n) is 5.20. The lowest BCUT2D eigenvalue weighted by molar-refractivity contribution is 0.0696. The summed E-state index contributed by atoms with van der Waals surface area (Å²) in [6.45, 7) is 1.50. The monoisotopic (exact) mass is 396 g/mol. The molecule has 0 unspecified atom stereocenters. The zero-order valence-corrected chi connectivity index (χ0v) is 16.0. The highest BCUT2D eigenvalue weighted by Gasteiger charge is 2.33. The molecule has 0 bridgehead atoms. The van der Waals surface area contributed by atoms with Crippen LogP contribution in [-0.2, 0) is 0 Å². The Hall–Kier alpha value is -4.12. The van der Waals surface area contributed by atoms with Crippen molar-refractivity contribution in [2.75, 3.05) is 0 Å². The van der Waals surface area contributed by atoms with Crippen molar-refractivity contribution in [1.82, 2.24) is 0 Å². The van der Waals surface area contributed by atoms with E-state index in [9.17, 15) is 19.2 Å². The van der Waals surface area contributed by atoms with Gasteiger partial charge in [-0.2, -0.15) is 0 Å². The molecule has 0 spiro atoms. The average Bonchev–Trinajstić information content (AvgIpc) is 2.78. The minimum absolute atomic E-state index is 0.0998. The van der Waals surface area contributed by atoms with Gasteiger partial charge < -0.3 is 5.11 Å². The van der Waals surface area contributed by atoms with Crippen LogP contribution in [0.5, 0.6) is 0 Å². The van der Waals surface area contributed by atoms with Gasteiger partial charge in [-0.15, -0.1) is 0 Å². The van der Waals surface area contributed by atoms with E-state index in [-0.39, 0.29) is 28.1 Å². The van der Waals surface area contributed by atoms with Gasteiger partial charge in [0.25, 0.3) is 0 Å². The van der Waals surface area contributed by atoms with E-state index in [0.717, 1.165) is 11.1 Å². The standard InChI is InChI=1S/C25H16O5/c1-14-21(24(28)20-5-3-2-4-19(20)22(14)26)23(27)17-10-6-15(7-11-17)16-8-12-18(13-9-16)25(29)30/h2-13H,1H3,(H,29,30). The van der Waals surface area contributed by atoms with E-state index in [4.69, 9.17) is 5.11 Å². The molecular formula is C25H16O5. The number of allylic oxidation sites excluding steroid dienone is 2. The Kier molecular flexibility index (Phi) is 4.72. The quantitative estimate of drug-likeness (QED) is 0.513. The molecule has 3 aromatic rings. The van der Waals surface area contributed by atoms with Gasteiger partial charge in [0.05, 0.1) is 11.1 Å². The van der Waals surface area contributed by atoms with Crippen LogP contribution in [0.15, 0.2) is 83.9 Å². The maximum absolute atomic E-state index is 13.0. The van der Waals surface area contributed by atoms with Crippen LogP contribution >= 0.6 is 0 Å². The van der Waals surface area contributed by atoms with E-state index in [1.165, 1.54) is 19.1 Å². The lowest BCUT2D eigenvalue weighted by atomic mass is 9.81. The van der Waals surface area contributed by atoms with Gasteiger partial charge in [0.1, 0.15) is 0 Å². The predicted molar refractivity (Wildman–Crippen MR) is 111 cm³/mol. The van der Waals surface area contributed by atoms with Crippen LogP contribution in [0, 0.1) is 0 Å². The zero-order chi connectivity index (χ0) is 21.4. The first kappa shape index (κ1) is 19.2. The summed E-state index contributed by atoms with van der Waals surface area (Å²) in [6.07, 6.45) is 0. The number of ketones is 3. The van der Waals surface area contributed by atoms with Gasteiger partial charge in [-0.05, 0) is 30.2 Å². The molecule has 0 atom stereocenters. The third-order valence-corrected chi connectivity index (χ3v) is 5.20. The van der Waals surface area contributed by atoms with Gasteiger partial charge in [0.2, 0.25) is 0 Å². The van der Waals surface area contributed by atoms with E-state index in [1.54, 1.807) is 60.7 Å². The molecule has 0 aromatic heterocycles. The molecule has 1 aliphatic carbocycles. The van der Waals surface area contributed by atoms with Crippen molar-refractivity contribution >= 4 is 23.3 Å². The van der Waals surface area contributed by atoms with Crippen LogP contribution in [0.1, 0.15) is 48.4 Å². The van der Waals surface area contributed by atoms with Crippen LogP contribution in [0.3, 0.4) is 0 Å². The highest BCUT2D eigenvalue weighted by atomic mass is 16.4. The largest absolute Gasteiger partial charge is 0.478 e. The van der Waals surface area contributed by atoms with Gasteiger partial charge >= 0.3 is 5.97 Å². The van der Waals surface area contributed by atoms with Gasteiger partial charge in [-0.25, -0.2) is 4.79 Å². The van der Waals surface area contributed by atoms with Crippen LogP contribution in [0.2, 0.25) is 0 Å². The van der Waals surface area contributed by atoms with Crippen LogP contribution in [0.4, 0.5) is 0 Å². The van der Waals surface area contributed by atoms with Crippen molar-refractivity contribution < 1.29 is 24.3 Å². The Labute approximate surface area is 172 Å². The maximum Gasteiger partial charge on any atom is 0.335 e. The number of Topliss-reactive ketones (excluding diaryl/α,β-unsaturated/α-hetero) is 3. The molecule has 0 saturated heterocycles. The Bertz CT molecular complexity index is 1250. The second-order valence-corrected chi connectivity index (χ2v) is 6.99. The Morgan fingerprint density at radius 3 is 1.63 bits per heavy atom. The molecule has 0 fully saturated rings. The Morgan fingerprint density at radius 1 is 0.667 bits per heavy atom. The summed E-state index contributed by atoms with van der Waals surface area (Å²) in [7, 11) is 0. The first-order valence-corrected chi connectivity index (χ1v) is 9.26. The van der Waals surface area contributed by atoms with Crippen LogP contribution in [-0.4, -0.2) is 28.4 Å². The van der Waals surface area contributed by atoms with Gasteiger partial charge in [0.15, 0.2) is 17.3 Å². The summed E-state index contributed by atoms with van der Waals surface area (Å²) in [5, 5.41) is 9.00. The number of carboxylic acids is 1. The number of carbonyl (C=O) groups is 4. The van der Waals surface area contributed by atoms with Crippen molar-refractivity contribution in [2.45, 2.75) is 6.92 Å². The molecule has 3 aromatic carbocycles.